The molecule has 0 spiro atoms. The zero-order valence-electron chi connectivity index (χ0n) is 17.7. The van der Waals surface area contributed by atoms with Crippen molar-refractivity contribution in [2.24, 2.45) is 5.92 Å². The van der Waals surface area contributed by atoms with E-state index in [0.717, 1.165) is 28.5 Å². The van der Waals surface area contributed by atoms with E-state index >= 15 is 0 Å². The maximum atomic E-state index is 13.3. The first-order valence-electron chi connectivity index (χ1n) is 10.4. The van der Waals surface area contributed by atoms with Crippen LogP contribution in [0.2, 0.25) is 0 Å². The number of anilines is 1. The number of carbonyl (C=O) groups is 2. The third-order valence-corrected chi connectivity index (χ3v) is 5.82. The fourth-order valence-corrected chi connectivity index (χ4v) is 4.16. The molecule has 0 aliphatic carbocycles. The number of methoxy groups -OCH3 is 1. The molecule has 6 heteroatoms. The quantitative estimate of drug-likeness (QED) is 0.618. The summed E-state index contributed by atoms with van der Waals surface area (Å²) in [5.74, 6) is 0.163. The molecule has 160 valence electrons. The van der Waals surface area contributed by atoms with E-state index in [1.807, 2.05) is 43.3 Å². The summed E-state index contributed by atoms with van der Waals surface area (Å²) in [5.41, 5.74) is 1.91. The van der Waals surface area contributed by atoms with Gasteiger partial charge >= 0.3 is 0 Å². The third kappa shape index (κ3) is 4.19. The molecule has 1 heterocycles. The Morgan fingerprint density at radius 3 is 2.61 bits per heavy atom. The van der Waals surface area contributed by atoms with E-state index in [-0.39, 0.29) is 23.5 Å². The molecule has 1 aliphatic heterocycles. The predicted molar refractivity (Wildman–Crippen MR) is 121 cm³/mol. The molecule has 6 nitrogen and oxygen atoms in total. The number of ether oxygens (including phenoxy) is 1. The van der Waals surface area contributed by atoms with Gasteiger partial charge in [0.25, 0.3) is 5.91 Å². The molecular weight excluding hydrogens is 392 g/mol. The van der Waals surface area contributed by atoms with Crippen molar-refractivity contribution in [3.63, 3.8) is 0 Å². The minimum atomic E-state index is -0.331. The molecule has 0 radical (unpaired) electrons. The van der Waals surface area contributed by atoms with Crippen LogP contribution in [0.5, 0.6) is 11.5 Å². The third-order valence-electron chi connectivity index (χ3n) is 5.82. The van der Waals surface area contributed by atoms with Gasteiger partial charge in [-0.25, -0.2) is 0 Å². The largest absolute Gasteiger partial charge is 0.506 e. The summed E-state index contributed by atoms with van der Waals surface area (Å²) in [7, 11) is 1.61. The van der Waals surface area contributed by atoms with Crippen molar-refractivity contribution >= 4 is 28.3 Å². The van der Waals surface area contributed by atoms with Gasteiger partial charge in [-0.15, -0.1) is 0 Å². The Labute approximate surface area is 181 Å². The molecule has 31 heavy (non-hydrogen) atoms. The highest BCUT2D eigenvalue weighted by atomic mass is 16.5. The van der Waals surface area contributed by atoms with Crippen molar-refractivity contribution in [1.29, 1.82) is 0 Å². The highest BCUT2D eigenvalue weighted by molar-refractivity contribution is 6.08. The number of aryl methyl sites for hydroxylation is 1. The van der Waals surface area contributed by atoms with E-state index in [2.05, 4.69) is 5.32 Å². The SMILES string of the molecule is COc1ccc(C(=O)N2CCCC(C(=O)Nc3ccc(C)cc3O)C2)c2ccccc12. The van der Waals surface area contributed by atoms with E-state index in [4.69, 9.17) is 4.74 Å². The van der Waals surface area contributed by atoms with Crippen LogP contribution in [0.15, 0.2) is 54.6 Å². The summed E-state index contributed by atoms with van der Waals surface area (Å²) in [6.07, 6.45) is 1.45. The van der Waals surface area contributed by atoms with Crippen LogP contribution in [-0.2, 0) is 4.79 Å². The van der Waals surface area contributed by atoms with Crippen LogP contribution >= 0.6 is 0 Å². The number of phenols is 1. The van der Waals surface area contributed by atoms with Crippen molar-refractivity contribution in [3.8, 4) is 11.5 Å². The van der Waals surface area contributed by atoms with Gasteiger partial charge in [-0.05, 0) is 55.0 Å². The van der Waals surface area contributed by atoms with Gasteiger partial charge in [0.1, 0.15) is 11.5 Å². The lowest BCUT2D eigenvalue weighted by molar-refractivity contribution is -0.121. The molecule has 2 amide bonds. The molecule has 1 atom stereocenters. The van der Waals surface area contributed by atoms with Crippen LogP contribution in [0.4, 0.5) is 5.69 Å². The van der Waals surface area contributed by atoms with E-state index in [0.29, 0.717) is 30.8 Å². The number of nitrogens with zero attached hydrogens (tertiary/aromatic N) is 1. The molecule has 1 fully saturated rings. The Kier molecular flexibility index (Phi) is 5.80. The summed E-state index contributed by atoms with van der Waals surface area (Å²) in [6.45, 7) is 2.83. The van der Waals surface area contributed by atoms with Crippen LogP contribution < -0.4 is 10.1 Å². The summed E-state index contributed by atoms with van der Waals surface area (Å²) in [5, 5.41) is 14.6. The highest BCUT2D eigenvalue weighted by Gasteiger charge is 2.30. The number of hydrogen-bond donors (Lipinski definition) is 2. The maximum absolute atomic E-state index is 13.3. The molecular formula is C25H26N2O4. The number of benzene rings is 3. The smallest absolute Gasteiger partial charge is 0.254 e. The number of phenolic OH excluding ortho intramolecular Hbond substituents is 1. The first-order chi connectivity index (χ1) is 15.0. The number of nitrogens with one attached hydrogen (secondary N) is 1. The normalized spacial score (nSPS) is 16.2. The van der Waals surface area contributed by atoms with Gasteiger partial charge in [0.05, 0.1) is 18.7 Å². The first-order valence-corrected chi connectivity index (χ1v) is 10.4. The number of rotatable bonds is 4. The van der Waals surface area contributed by atoms with Crippen molar-refractivity contribution in [3.05, 3.63) is 65.7 Å². The maximum Gasteiger partial charge on any atom is 0.254 e. The summed E-state index contributed by atoms with van der Waals surface area (Å²) < 4.78 is 5.43. The molecule has 1 saturated heterocycles. The summed E-state index contributed by atoms with van der Waals surface area (Å²) in [6, 6.07) is 16.4. The Hall–Kier alpha value is -3.54. The van der Waals surface area contributed by atoms with Crippen LogP contribution in [-0.4, -0.2) is 42.0 Å². The van der Waals surface area contributed by atoms with Crippen molar-refractivity contribution < 1.29 is 19.4 Å². The molecule has 0 saturated carbocycles. The minimum Gasteiger partial charge on any atom is -0.506 e. The lowest BCUT2D eigenvalue weighted by atomic mass is 9.95. The molecule has 4 rings (SSSR count). The monoisotopic (exact) mass is 418 g/mol. The topological polar surface area (TPSA) is 78.9 Å². The first kappa shape index (κ1) is 20.7. The summed E-state index contributed by atoms with van der Waals surface area (Å²) >= 11 is 0. The zero-order chi connectivity index (χ0) is 22.0. The number of hydrogen-bond acceptors (Lipinski definition) is 4. The molecule has 1 unspecified atom stereocenters. The number of piperidine rings is 1. The second-order valence-electron chi connectivity index (χ2n) is 7.96. The molecule has 0 aromatic heterocycles. The van der Waals surface area contributed by atoms with E-state index in [1.54, 1.807) is 30.2 Å². The molecule has 3 aromatic carbocycles. The average molecular weight is 418 g/mol. The lowest BCUT2D eigenvalue weighted by Gasteiger charge is -2.32. The van der Waals surface area contributed by atoms with Crippen molar-refractivity contribution in [2.75, 3.05) is 25.5 Å². The average Bonchev–Trinajstić information content (AvgIpc) is 2.79. The van der Waals surface area contributed by atoms with Gasteiger partial charge in [0.2, 0.25) is 5.91 Å². The van der Waals surface area contributed by atoms with E-state index < -0.39 is 0 Å². The van der Waals surface area contributed by atoms with E-state index in [9.17, 15) is 14.7 Å². The van der Waals surface area contributed by atoms with Crippen LogP contribution in [0.1, 0.15) is 28.8 Å². The fraction of sp³-hybridized carbons (Fsp3) is 0.280. The fourth-order valence-electron chi connectivity index (χ4n) is 4.16. The lowest BCUT2D eigenvalue weighted by Crippen LogP contribution is -2.43. The van der Waals surface area contributed by atoms with Gasteiger partial charge in [-0.1, -0.05) is 30.3 Å². The van der Waals surface area contributed by atoms with Gasteiger partial charge in [0.15, 0.2) is 0 Å². The molecule has 0 bridgehead atoms. The number of aromatic hydroxyl groups is 1. The number of fused-ring (bicyclic) bond motifs is 1. The Bertz CT molecular complexity index is 1140. The number of likely N-dealkylation sites (tertiary alicyclic amines) is 1. The van der Waals surface area contributed by atoms with Gasteiger partial charge < -0.3 is 20.1 Å². The summed E-state index contributed by atoms with van der Waals surface area (Å²) in [4.78, 5) is 27.9. The molecule has 3 aromatic rings. The highest BCUT2D eigenvalue weighted by Crippen LogP contribution is 2.31. The van der Waals surface area contributed by atoms with Crippen molar-refractivity contribution in [2.45, 2.75) is 19.8 Å². The number of amides is 2. The Balaban J connectivity index is 1.53. The Morgan fingerprint density at radius 2 is 1.87 bits per heavy atom. The Morgan fingerprint density at radius 1 is 1.10 bits per heavy atom. The predicted octanol–water partition coefficient (Wildman–Crippen LogP) is 4.35. The second-order valence-corrected chi connectivity index (χ2v) is 7.96. The van der Waals surface area contributed by atoms with Gasteiger partial charge in [-0.3, -0.25) is 9.59 Å². The van der Waals surface area contributed by atoms with Crippen LogP contribution in [0.3, 0.4) is 0 Å². The standard InChI is InChI=1S/C25H26N2O4/c1-16-9-11-21(22(28)14-16)26-24(29)17-6-5-13-27(15-17)25(30)20-10-12-23(31-2)19-8-4-3-7-18(19)20/h3-4,7-12,14,17,28H,5-6,13,15H2,1-2H3,(H,26,29). The minimum absolute atomic E-state index is 0.0433. The van der Waals surface area contributed by atoms with Gasteiger partial charge in [-0.2, -0.15) is 0 Å². The van der Waals surface area contributed by atoms with Crippen LogP contribution in [0.25, 0.3) is 10.8 Å². The van der Waals surface area contributed by atoms with Crippen molar-refractivity contribution in [1.82, 2.24) is 4.90 Å². The van der Waals surface area contributed by atoms with Crippen LogP contribution in [0, 0.1) is 12.8 Å². The zero-order valence-corrected chi connectivity index (χ0v) is 17.7. The molecule has 1 aliphatic rings. The van der Waals surface area contributed by atoms with E-state index in [1.165, 1.54) is 0 Å². The molecule has 2 N–H and O–H groups in total. The van der Waals surface area contributed by atoms with Gasteiger partial charge in [0, 0.05) is 24.0 Å². The number of carbonyl (C=O) groups excluding carboxylic acids is 2. The second kappa shape index (κ2) is 8.68.